The van der Waals surface area contributed by atoms with Crippen LogP contribution in [0.3, 0.4) is 0 Å². The second-order valence-corrected chi connectivity index (χ2v) is 4.80. The summed E-state index contributed by atoms with van der Waals surface area (Å²) in [4.78, 5) is 4.15. The van der Waals surface area contributed by atoms with Crippen LogP contribution in [-0.2, 0) is 4.74 Å². The largest absolute Gasteiger partial charge is 0.471 e. The van der Waals surface area contributed by atoms with Gasteiger partial charge >= 0.3 is 0 Å². The molecule has 0 spiro atoms. The van der Waals surface area contributed by atoms with Crippen LogP contribution in [0.4, 0.5) is 0 Å². The number of ether oxygens (including phenoxy) is 2. The van der Waals surface area contributed by atoms with Gasteiger partial charge in [-0.2, -0.15) is 0 Å². The zero-order chi connectivity index (χ0) is 11.3. The average molecular weight is 339 g/mol. The van der Waals surface area contributed by atoms with Crippen molar-refractivity contribution in [1.82, 2.24) is 4.98 Å². The van der Waals surface area contributed by atoms with E-state index in [-0.39, 0.29) is 6.10 Å². The van der Waals surface area contributed by atoms with Crippen LogP contribution >= 0.6 is 31.9 Å². The Labute approximate surface area is 106 Å². The lowest BCUT2D eigenvalue weighted by Gasteiger charge is -2.14. The Morgan fingerprint density at radius 1 is 1.47 bits per heavy atom. The van der Waals surface area contributed by atoms with Gasteiger partial charge < -0.3 is 9.47 Å². The summed E-state index contributed by atoms with van der Waals surface area (Å²) in [5, 5.41) is 0. The van der Waals surface area contributed by atoms with E-state index in [9.17, 15) is 0 Å². The lowest BCUT2D eigenvalue weighted by atomic mass is 10.4. The SMILES string of the molecule is CCOCC(C)Oc1ncc(Br)cc1Br. The molecular weight excluding hydrogens is 326 g/mol. The van der Waals surface area contributed by atoms with E-state index in [2.05, 4.69) is 36.8 Å². The van der Waals surface area contributed by atoms with Gasteiger partial charge in [-0.3, -0.25) is 0 Å². The number of nitrogens with zero attached hydrogens (tertiary/aromatic N) is 1. The number of rotatable bonds is 5. The standard InChI is InChI=1S/C10H13Br2NO2/c1-3-14-6-7(2)15-10-9(12)4-8(11)5-13-10/h4-5,7H,3,6H2,1-2H3. The number of halogens is 2. The maximum atomic E-state index is 5.60. The van der Waals surface area contributed by atoms with Gasteiger partial charge in [-0.1, -0.05) is 0 Å². The molecule has 1 atom stereocenters. The van der Waals surface area contributed by atoms with Crippen LogP contribution in [0.5, 0.6) is 5.88 Å². The first-order chi connectivity index (χ1) is 7.13. The monoisotopic (exact) mass is 337 g/mol. The summed E-state index contributed by atoms with van der Waals surface area (Å²) >= 11 is 6.72. The fourth-order valence-corrected chi connectivity index (χ4v) is 2.08. The van der Waals surface area contributed by atoms with Gasteiger partial charge in [0.25, 0.3) is 0 Å². The molecule has 1 heterocycles. The van der Waals surface area contributed by atoms with Gasteiger partial charge in [0.05, 0.1) is 11.1 Å². The van der Waals surface area contributed by atoms with Crippen LogP contribution < -0.4 is 4.74 Å². The van der Waals surface area contributed by atoms with Gasteiger partial charge in [-0.15, -0.1) is 0 Å². The van der Waals surface area contributed by atoms with Gasteiger partial charge in [0, 0.05) is 17.3 Å². The van der Waals surface area contributed by atoms with Crippen LogP contribution in [0.15, 0.2) is 21.2 Å². The minimum Gasteiger partial charge on any atom is -0.471 e. The third kappa shape index (κ3) is 4.49. The first-order valence-corrected chi connectivity index (χ1v) is 6.27. The summed E-state index contributed by atoms with van der Waals surface area (Å²) < 4.78 is 12.6. The highest BCUT2D eigenvalue weighted by atomic mass is 79.9. The highest BCUT2D eigenvalue weighted by Gasteiger charge is 2.08. The van der Waals surface area contributed by atoms with Crippen LogP contribution in [-0.4, -0.2) is 24.3 Å². The molecule has 15 heavy (non-hydrogen) atoms. The zero-order valence-corrected chi connectivity index (χ0v) is 11.8. The molecule has 84 valence electrons. The normalized spacial score (nSPS) is 12.5. The van der Waals surface area contributed by atoms with Crippen LogP contribution in [0.25, 0.3) is 0 Å². The van der Waals surface area contributed by atoms with Gasteiger partial charge in [0.15, 0.2) is 0 Å². The molecule has 3 nitrogen and oxygen atoms in total. The van der Waals surface area contributed by atoms with Crippen LogP contribution in [0, 0.1) is 0 Å². The van der Waals surface area contributed by atoms with Crippen LogP contribution in [0.2, 0.25) is 0 Å². The predicted octanol–water partition coefficient (Wildman–Crippen LogP) is 3.41. The van der Waals surface area contributed by atoms with Crippen molar-refractivity contribution in [2.45, 2.75) is 20.0 Å². The lowest BCUT2D eigenvalue weighted by molar-refractivity contribution is 0.0629. The van der Waals surface area contributed by atoms with E-state index in [1.165, 1.54) is 0 Å². The minimum absolute atomic E-state index is 0.00470. The molecule has 0 bridgehead atoms. The zero-order valence-electron chi connectivity index (χ0n) is 8.67. The molecule has 0 saturated heterocycles. The Hall–Kier alpha value is -0.130. The molecule has 1 unspecified atom stereocenters. The Kier molecular flexibility index (Phi) is 5.56. The predicted molar refractivity (Wildman–Crippen MR) is 66.2 cm³/mol. The summed E-state index contributed by atoms with van der Waals surface area (Å²) in [6.45, 7) is 5.18. The average Bonchev–Trinajstić information content (AvgIpc) is 2.19. The van der Waals surface area contributed by atoms with Gasteiger partial charge in [0.2, 0.25) is 5.88 Å². The van der Waals surface area contributed by atoms with Crippen LogP contribution in [0.1, 0.15) is 13.8 Å². The molecule has 1 aromatic heterocycles. The molecule has 0 aromatic carbocycles. The van der Waals surface area contributed by atoms with Crippen molar-refractivity contribution >= 4 is 31.9 Å². The Morgan fingerprint density at radius 3 is 2.80 bits per heavy atom. The van der Waals surface area contributed by atoms with E-state index in [1.807, 2.05) is 19.9 Å². The molecular formula is C10H13Br2NO2. The maximum absolute atomic E-state index is 5.60. The first-order valence-electron chi connectivity index (χ1n) is 4.69. The van der Waals surface area contributed by atoms with Crippen molar-refractivity contribution in [1.29, 1.82) is 0 Å². The molecule has 1 aromatic rings. The van der Waals surface area contributed by atoms with E-state index in [0.29, 0.717) is 19.1 Å². The molecule has 5 heteroatoms. The molecule has 0 fully saturated rings. The topological polar surface area (TPSA) is 31.4 Å². The van der Waals surface area contributed by atoms with E-state index in [4.69, 9.17) is 9.47 Å². The molecule has 0 aliphatic carbocycles. The molecule has 0 aliphatic rings. The fourth-order valence-electron chi connectivity index (χ4n) is 0.997. The highest BCUT2D eigenvalue weighted by Crippen LogP contribution is 2.26. The highest BCUT2D eigenvalue weighted by molar-refractivity contribution is 9.11. The van der Waals surface area contributed by atoms with E-state index < -0.39 is 0 Å². The van der Waals surface area contributed by atoms with Gasteiger partial charge in [-0.05, 0) is 51.8 Å². The van der Waals surface area contributed by atoms with E-state index in [0.717, 1.165) is 8.95 Å². The van der Waals surface area contributed by atoms with Gasteiger partial charge in [0.1, 0.15) is 6.10 Å². The van der Waals surface area contributed by atoms with Crippen molar-refractivity contribution in [3.05, 3.63) is 21.2 Å². The number of hydrogen-bond acceptors (Lipinski definition) is 3. The van der Waals surface area contributed by atoms with Crippen molar-refractivity contribution in [3.63, 3.8) is 0 Å². The fraction of sp³-hybridized carbons (Fsp3) is 0.500. The summed E-state index contributed by atoms with van der Waals surface area (Å²) in [5.41, 5.74) is 0. The van der Waals surface area contributed by atoms with E-state index in [1.54, 1.807) is 6.20 Å². The Bertz CT molecular complexity index is 320. The smallest absolute Gasteiger partial charge is 0.228 e. The number of aromatic nitrogens is 1. The van der Waals surface area contributed by atoms with E-state index >= 15 is 0 Å². The summed E-state index contributed by atoms with van der Waals surface area (Å²) in [6.07, 6.45) is 1.70. The molecule has 0 aliphatic heterocycles. The van der Waals surface area contributed by atoms with Crippen molar-refractivity contribution in [2.24, 2.45) is 0 Å². The van der Waals surface area contributed by atoms with Crippen molar-refractivity contribution < 1.29 is 9.47 Å². The molecule has 0 saturated carbocycles. The number of pyridine rings is 1. The first kappa shape index (κ1) is 12.9. The third-order valence-electron chi connectivity index (χ3n) is 1.64. The summed E-state index contributed by atoms with van der Waals surface area (Å²) in [7, 11) is 0. The Balaban J connectivity index is 2.56. The molecule has 0 amide bonds. The lowest BCUT2D eigenvalue weighted by Crippen LogP contribution is -2.19. The molecule has 0 N–H and O–H groups in total. The Morgan fingerprint density at radius 2 is 2.20 bits per heavy atom. The second kappa shape index (κ2) is 6.45. The number of hydrogen-bond donors (Lipinski definition) is 0. The quantitative estimate of drug-likeness (QED) is 0.824. The maximum Gasteiger partial charge on any atom is 0.228 e. The molecule has 1 rings (SSSR count). The second-order valence-electron chi connectivity index (χ2n) is 3.03. The minimum atomic E-state index is -0.00470. The van der Waals surface area contributed by atoms with Crippen molar-refractivity contribution in [2.75, 3.05) is 13.2 Å². The van der Waals surface area contributed by atoms with Gasteiger partial charge in [-0.25, -0.2) is 4.98 Å². The van der Waals surface area contributed by atoms with Crippen molar-refractivity contribution in [3.8, 4) is 5.88 Å². The summed E-state index contributed by atoms with van der Waals surface area (Å²) in [5.74, 6) is 0.588. The molecule has 0 radical (unpaired) electrons. The third-order valence-corrected chi connectivity index (χ3v) is 2.65. The summed E-state index contributed by atoms with van der Waals surface area (Å²) in [6, 6.07) is 1.90.